The minimum absolute atomic E-state index is 0.123. The molecular formula is C28H32N6O2. The van der Waals surface area contributed by atoms with E-state index in [-0.39, 0.29) is 18.4 Å². The van der Waals surface area contributed by atoms with E-state index in [0.717, 1.165) is 43.0 Å². The molecule has 1 aromatic heterocycles. The van der Waals surface area contributed by atoms with Crippen molar-refractivity contribution < 1.29 is 9.53 Å². The summed E-state index contributed by atoms with van der Waals surface area (Å²) in [6.45, 7) is 7.62. The number of carbonyl (C=O) groups is 1. The standard InChI is InChI=1S/C28H32N6O2/c1-2-26(35)34-14-13-32(15-21(34)11-12-29)27-23-16-33(25-10-9-20-5-3-4-6-22(20)25)17-24(23)30-28(31-27)36-18-19-7-8-19/h2-6,19,21,25H,1,7-11,13-18H2/t21-,25?/m0/s1. The van der Waals surface area contributed by atoms with Crippen LogP contribution in [0.5, 0.6) is 6.01 Å². The lowest BCUT2D eigenvalue weighted by molar-refractivity contribution is -0.128. The lowest BCUT2D eigenvalue weighted by Crippen LogP contribution is -2.55. The Hall–Kier alpha value is -3.44. The van der Waals surface area contributed by atoms with Crippen molar-refractivity contribution in [1.29, 1.82) is 5.26 Å². The fraction of sp³-hybridized carbons (Fsp3) is 0.500. The SMILES string of the molecule is C=CC(=O)N1CCN(c2nc(OCC3CC3)nc3c2CN(C2CCc4ccccc42)C3)C[C@@H]1CC#N. The Balaban J connectivity index is 1.29. The molecule has 8 nitrogen and oxygen atoms in total. The fourth-order valence-electron chi connectivity index (χ4n) is 5.91. The quantitative estimate of drug-likeness (QED) is 0.557. The van der Waals surface area contributed by atoms with Crippen molar-refractivity contribution in [2.24, 2.45) is 5.92 Å². The molecule has 4 aliphatic rings. The Morgan fingerprint density at radius 1 is 1.19 bits per heavy atom. The number of anilines is 1. The van der Waals surface area contributed by atoms with Gasteiger partial charge >= 0.3 is 6.01 Å². The first kappa shape index (κ1) is 23.0. The molecule has 2 atom stereocenters. The molecule has 0 bridgehead atoms. The van der Waals surface area contributed by atoms with Crippen LogP contribution in [0.1, 0.15) is 54.1 Å². The average Bonchev–Trinajstić information content (AvgIpc) is 3.48. The number of rotatable bonds is 7. The fourth-order valence-corrected chi connectivity index (χ4v) is 5.91. The number of aryl methyl sites for hydroxylation is 1. The van der Waals surface area contributed by atoms with Gasteiger partial charge < -0.3 is 14.5 Å². The zero-order valence-corrected chi connectivity index (χ0v) is 20.6. The normalized spacial score (nSPS) is 23.2. The van der Waals surface area contributed by atoms with E-state index in [1.807, 2.05) is 0 Å². The Kier molecular flexibility index (Phi) is 6.10. The third-order valence-corrected chi connectivity index (χ3v) is 8.02. The highest BCUT2D eigenvalue weighted by molar-refractivity contribution is 5.87. The lowest BCUT2D eigenvalue weighted by atomic mass is 10.1. The number of benzene rings is 1. The van der Waals surface area contributed by atoms with Crippen molar-refractivity contribution in [1.82, 2.24) is 19.8 Å². The van der Waals surface area contributed by atoms with E-state index in [2.05, 4.69) is 46.7 Å². The minimum Gasteiger partial charge on any atom is -0.463 e. The third-order valence-electron chi connectivity index (χ3n) is 8.02. The lowest BCUT2D eigenvalue weighted by Gasteiger charge is -2.41. The van der Waals surface area contributed by atoms with E-state index >= 15 is 0 Å². The molecule has 1 saturated heterocycles. The molecule has 6 rings (SSSR count). The molecule has 0 radical (unpaired) electrons. The molecular weight excluding hydrogens is 452 g/mol. The molecule has 0 N–H and O–H groups in total. The zero-order valence-electron chi connectivity index (χ0n) is 20.6. The predicted molar refractivity (Wildman–Crippen MR) is 135 cm³/mol. The summed E-state index contributed by atoms with van der Waals surface area (Å²) in [6.07, 6.45) is 6.26. The molecule has 186 valence electrons. The molecule has 1 aromatic carbocycles. The largest absolute Gasteiger partial charge is 0.463 e. The van der Waals surface area contributed by atoms with Gasteiger partial charge in [-0.2, -0.15) is 15.2 Å². The first-order chi connectivity index (χ1) is 17.6. The maximum Gasteiger partial charge on any atom is 0.318 e. The molecule has 1 unspecified atom stereocenters. The maximum atomic E-state index is 12.4. The van der Waals surface area contributed by atoms with Crippen LogP contribution in [0.25, 0.3) is 0 Å². The number of nitriles is 1. The van der Waals surface area contributed by atoms with Crippen LogP contribution in [-0.2, 0) is 24.3 Å². The number of aromatic nitrogens is 2. The van der Waals surface area contributed by atoms with Crippen LogP contribution in [0.15, 0.2) is 36.9 Å². The summed E-state index contributed by atoms with van der Waals surface area (Å²) in [5, 5.41) is 9.43. The molecule has 2 fully saturated rings. The summed E-state index contributed by atoms with van der Waals surface area (Å²) < 4.78 is 6.06. The average molecular weight is 485 g/mol. The van der Waals surface area contributed by atoms with Crippen LogP contribution in [-0.4, -0.2) is 58.0 Å². The van der Waals surface area contributed by atoms with E-state index in [9.17, 15) is 10.1 Å². The van der Waals surface area contributed by atoms with Crippen molar-refractivity contribution in [3.05, 3.63) is 59.3 Å². The van der Waals surface area contributed by atoms with Crippen LogP contribution in [0.4, 0.5) is 5.82 Å². The number of ether oxygens (including phenoxy) is 1. The van der Waals surface area contributed by atoms with Crippen LogP contribution in [0, 0.1) is 17.2 Å². The van der Waals surface area contributed by atoms with Crippen LogP contribution in [0.2, 0.25) is 0 Å². The van der Waals surface area contributed by atoms with Gasteiger partial charge in [0.25, 0.3) is 0 Å². The molecule has 2 aromatic rings. The van der Waals surface area contributed by atoms with Gasteiger partial charge in [-0.25, -0.2) is 0 Å². The van der Waals surface area contributed by atoms with Crippen molar-refractivity contribution in [3.63, 3.8) is 0 Å². The molecule has 0 spiro atoms. The smallest absolute Gasteiger partial charge is 0.318 e. The molecule has 2 aliphatic heterocycles. The van der Waals surface area contributed by atoms with Crippen LogP contribution >= 0.6 is 0 Å². The number of amides is 1. The second kappa shape index (κ2) is 9.55. The number of nitrogens with zero attached hydrogens (tertiary/aromatic N) is 6. The van der Waals surface area contributed by atoms with Gasteiger partial charge in [0.2, 0.25) is 5.91 Å². The summed E-state index contributed by atoms with van der Waals surface area (Å²) in [5.74, 6) is 1.39. The molecule has 1 amide bonds. The second-order valence-corrected chi connectivity index (χ2v) is 10.4. The third kappa shape index (κ3) is 4.33. The Morgan fingerprint density at radius 3 is 2.86 bits per heavy atom. The van der Waals surface area contributed by atoms with Crippen molar-refractivity contribution in [2.75, 3.05) is 31.1 Å². The number of hydrogen-bond acceptors (Lipinski definition) is 7. The van der Waals surface area contributed by atoms with Gasteiger partial charge in [0, 0.05) is 44.3 Å². The van der Waals surface area contributed by atoms with E-state index in [4.69, 9.17) is 14.7 Å². The number of piperazine rings is 1. The molecule has 3 heterocycles. The highest BCUT2D eigenvalue weighted by Crippen LogP contribution is 2.42. The Labute approximate surface area is 212 Å². The number of fused-ring (bicyclic) bond motifs is 2. The second-order valence-electron chi connectivity index (χ2n) is 10.4. The summed E-state index contributed by atoms with van der Waals surface area (Å²) >= 11 is 0. The van der Waals surface area contributed by atoms with Crippen LogP contribution in [0.3, 0.4) is 0 Å². The van der Waals surface area contributed by atoms with Crippen LogP contribution < -0.4 is 9.64 Å². The predicted octanol–water partition coefficient (Wildman–Crippen LogP) is 3.39. The van der Waals surface area contributed by atoms with Crippen molar-refractivity contribution in [2.45, 2.75) is 57.3 Å². The Bertz CT molecular complexity index is 1220. The minimum atomic E-state index is -0.199. The number of hydrogen-bond donors (Lipinski definition) is 0. The molecule has 2 aliphatic carbocycles. The molecule has 1 saturated carbocycles. The topological polar surface area (TPSA) is 85.6 Å². The monoisotopic (exact) mass is 484 g/mol. The van der Waals surface area contributed by atoms with Gasteiger partial charge in [0.1, 0.15) is 5.82 Å². The first-order valence-electron chi connectivity index (χ1n) is 13.0. The van der Waals surface area contributed by atoms with Crippen molar-refractivity contribution >= 4 is 11.7 Å². The summed E-state index contributed by atoms with van der Waals surface area (Å²) in [6, 6.07) is 11.6. The van der Waals surface area contributed by atoms with E-state index in [1.54, 1.807) is 4.90 Å². The Morgan fingerprint density at radius 2 is 2.06 bits per heavy atom. The maximum absolute atomic E-state index is 12.4. The summed E-state index contributed by atoms with van der Waals surface area (Å²) in [4.78, 5) is 28.7. The highest BCUT2D eigenvalue weighted by atomic mass is 16.5. The van der Waals surface area contributed by atoms with Crippen molar-refractivity contribution in [3.8, 4) is 12.1 Å². The summed E-state index contributed by atoms with van der Waals surface area (Å²) in [7, 11) is 0. The summed E-state index contributed by atoms with van der Waals surface area (Å²) in [5.41, 5.74) is 5.06. The van der Waals surface area contributed by atoms with E-state index < -0.39 is 0 Å². The van der Waals surface area contributed by atoms with Gasteiger partial charge in [0.05, 0.1) is 30.8 Å². The molecule has 36 heavy (non-hydrogen) atoms. The van der Waals surface area contributed by atoms with Gasteiger partial charge in [-0.15, -0.1) is 0 Å². The number of carbonyl (C=O) groups excluding carboxylic acids is 1. The van der Waals surface area contributed by atoms with Gasteiger partial charge in [-0.05, 0) is 48.8 Å². The van der Waals surface area contributed by atoms with E-state index in [0.29, 0.717) is 44.2 Å². The highest BCUT2D eigenvalue weighted by Gasteiger charge is 2.37. The van der Waals surface area contributed by atoms with E-state index in [1.165, 1.54) is 30.0 Å². The first-order valence-corrected chi connectivity index (χ1v) is 13.0. The zero-order chi connectivity index (χ0) is 24.6. The van der Waals surface area contributed by atoms with Gasteiger partial charge in [-0.1, -0.05) is 30.8 Å². The van der Waals surface area contributed by atoms with Gasteiger partial charge in [0.15, 0.2) is 0 Å². The molecule has 8 heteroatoms. The van der Waals surface area contributed by atoms with Gasteiger partial charge in [-0.3, -0.25) is 9.69 Å².